The predicted octanol–water partition coefficient (Wildman–Crippen LogP) is 3.31. The minimum atomic E-state index is -0.256. The molecule has 0 bridgehead atoms. The smallest absolute Gasteiger partial charge is 0.306 e. The molecule has 1 fully saturated rings. The topological polar surface area (TPSA) is 36.0 Å². The molecule has 0 radical (unpaired) electrons. The van der Waals surface area contributed by atoms with Gasteiger partial charge in [-0.2, -0.15) is 0 Å². The van der Waals surface area contributed by atoms with Crippen molar-refractivity contribution in [2.45, 2.75) is 34.1 Å². The molecule has 2 rings (SSSR count). The Morgan fingerprint density at radius 3 is 2.33 bits per heavy atom. The molecule has 0 unspecified atom stereocenters. The quantitative estimate of drug-likeness (QED) is 0.547. The molecule has 150 valence electrons. The van der Waals surface area contributed by atoms with Gasteiger partial charge in [0.1, 0.15) is 0 Å². The molecule has 1 aromatic rings. The molecule has 6 heteroatoms. The van der Waals surface area contributed by atoms with Crippen LogP contribution in [-0.2, 0) is 9.53 Å². The van der Waals surface area contributed by atoms with Crippen molar-refractivity contribution in [1.29, 1.82) is 0 Å². The lowest BCUT2D eigenvalue weighted by molar-refractivity contribution is -0.145. The molecule has 1 aliphatic heterocycles. The van der Waals surface area contributed by atoms with Gasteiger partial charge in [-0.25, -0.2) is 0 Å². The molecule has 0 atom stereocenters. The first-order chi connectivity index (χ1) is 12.7. The first kappa shape index (κ1) is 21.6. The van der Waals surface area contributed by atoms with Gasteiger partial charge in [-0.3, -0.25) is 4.79 Å². The summed E-state index contributed by atoms with van der Waals surface area (Å²) in [6, 6.07) is 8.43. The number of carbonyl (C=O) groups excluding carboxylic acids is 1. The van der Waals surface area contributed by atoms with E-state index < -0.39 is 0 Å². The van der Waals surface area contributed by atoms with Crippen molar-refractivity contribution in [1.82, 2.24) is 9.80 Å². The normalized spacial score (nSPS) is 15.5. The number of nitrogens with zero attached hydrogens (tertiary/aromatic N) is 3. The Morgan fingerprint density at radius 1 is 1.19 bits per heavy atom. The summed E-state index contributed by atoms with van der Waals surface area (Å²) in [6.45, 7) is 13.1. The van der Waals surface area contributed by atoms with E-state index in [1.807, 2.05) is 6.92 Å². The summed E-state index contributed by atoms with van der Waals surface area (Å²) < 4.78 is 5.16. The first-order valence-corrected chi connectivity index (χ1v) is 10.1. The van der Waals surface area contributed by atoms with Gasteiger partial charge in [0.15, 0.2) is 5.11 Å². The number of hydrogen-bond acceptors (Lipinski definition) is 4. The minimum Gasteiger partial charge on any atom is -0.466 e. The van der Waals surface area contributed by atoms with E-state index in [0.29, 0.717) is 19.6 Å². The number of benzene rings is 1. The third kappa shape index (κ3) is 6.47. The van der Waals surface area contributed by atoms with Crippen molar-refractivity contribution in [3.8, 4) is 0 Å². The highest BCUT2D eigenvalue weighted by Gasteiger charge is 2.30. The van der Waals surface area contributed by atoms with Gasteiger partial charge in [-0.1, -0.05) is 31.5 Å². The van der Waals surface area contributed by atoms with Gasteiger partial charge in [-0.05, 0) is 50.7 Å². The maximum atomic E-state index is 12.0. The van der Waals surface area contributed by atoms with Crippen molar-refractivity contribution in [3.05, 3.63) is 29.8 Å². The van der Waals surface area contributed by atoms with Gasteiger partial charge < -0.3 is 19.4 Å². The van der Waals surface area contributed by atoms with E-state index >= 15 is 0 Å². The van der Waals surface area contributed by atoms with Gasteiger partial charge in [0.05, 0.1) is 13.0 Å². The summed E-state index contributed by atoms with van der Waals surface area (Å²) in [4.78, 5) is 18.8. The fraction of sp³-hybridized carbons (Fsp3) is 0.619. The van der Waals surface area contributed by atoms with Crippen molar-refractivity contribution < 1.29 is 9.53 Å². The summed E-state index contributed by atoms with van der Waals surface area (Å²) in [7, 11) is 2.14. The van der Waals surface area contributed by atoms with Crippen LogP contribution < -0.4 is 4.90 Å². The Morgan fingerprint density at radius 2 is 1.78 bits per heavy atom. The third-order valence-corrected chi connectivity index (χ3v) is 5.34. The number of carbonyl (C=O) groups is 1. The zero-order valence-electron chi connectivity index (χ0n) is 17.3. The highest BCUT2D eigenvalue weighted by atomic mass is 32.1. The maximum Gasteiger partial charge on any atom is 0.306 e. The molecule has 1 aromatic carbocycles. The van der Waals surface area contributed by atoms with Crippen LogP contribution in [-0.4, -0.2) is 67.3 Å². The highest BCUT2D eigenvalue weighted by molar-refractivity contribution is 7.80. The number of anilines is 1. The number of likely N-dealkylation sites (N-methyl/N-ethyl adjacent to an activating group) is 1. The van der Waals surface area contributed by atoms with Gasteiger partial charge in [0.2, 0.25) is 0 Å². The lowest BCUT2D eigenvalue weighted by Crippen LogP contribution is -2.53. The molecular weight excluding hydrogens is 358 g/mol. The maximum absolute atomic E-state index is 12.0. The van der Waals surface area contributed by atoms with Crippen LogP contribution >= 0.6 is 12.2 Å². The Bertz CT molecular complexity index is 637. The zero-order chi connectivity index (χ0) is 20.0. The van der Waals surface area contributed by atoms with Crippen molar-refractivity contribution in [2.24, 2.45) is 5.41 Å². The molecule has 0 spiro atoms. The Hall–Kier alpha value is -1.66. The summed E-state index contributed by atoms with van der Waals surface area (Å²) >= 11 is 5.90. The molecule has 0 amide bonds. The summed E-state index contributed by atoms with van der Waals surface area (Å²) in [5.41, 5.74) is 2.03. The molecule has 5 nitrogen and oxygen atoms in total. The first-order valence-electron chi connectivity index (χ1n) is 9.69. The van der Waals surface area contributed by atoms with Crippen LogP contribution in [0.2, 0.25) is 0 Å². The standard InChI is InChI=1S/C21H33N3O2S/c1-6-26-19(25)15-21(3,4)16-24(18-9-7-17(2)8-10-18)20(27)23-13-11-22(5)12-14-23/h7-10H,6,11-16H2,1-5H3. The van der Waals surface area contributed by atoms with Crippen LogP contribution in [0.4, 0.5) is 5.69 Å². The largest absolute Gasteiger partial charge is 0.466 e. The summed E-state index contributed by atoms with van der Waals surface area (Å²) in [5, 5.41) is 0.837. The molecule has 0 aromatic heterocycles. The van der Waals surface area contributed by atoms with Crippen molar-refractivity contribution in [3.63, 3.8) is 0 Å². The number of piperazine rings is 1. The average molecular weight is 392 g/mol. The van der Waals surface area contributed by atoms with E-state index in [9.17, 15) is 4.79 Å². The van der Waals surface area contributed by atoms with Gasteiger partial charge in [0.25, 0.3) is 0 Å². The molecular formula is C21H33N3O2S. The van der Waals surface area contributed by atoms with Crippen LogP contribution in [0.25, 0.3) is 0 Å². The predicted molar refractivity (Wildman–Crippen MR) is 115 cm³/mol. The summed E-state index contributed by atoms with van der Waals surface area (Å²) in [5.74, 6) is -0.156. The van der Waals surface area contributed by atoms with Gasteiger partial charge >= 0.3 is 5.97 Å². The second-order valence-electron chi connectivity index (χ2n) is 8.14. The van der Waals surface area contributed by atoms with E-state index in [4.69, 9.17) is 17.0 Å². The Kier molecular flexibility index (Phi) is 7.62. The molecule has 0 aliphatic carbocycles. The lowest BCUT2D eigenvalue weighted by atomic mass is 9.88. The lowest BCUT2D eigenvalue weighted by Gasteiger charge is -2.41. The number of thiocarbonyl (C=S) groups is 1. The molecule has 0 N–H and O–H groups in total. The number of esters is 1. The van der Waals surface area contributed by atoms with E-state index in [1.54, 1.807) is 0 Å². The van der Waals surface area contributed by atoms with E-state index in [-0.39, 0.29) is 11.4 Å². The van der Waals surface area contributed by atoms with Gasteiger partial charge in [0, 0.05) is 38.4 Å². The minimum absolute atomic E-state index is 0.156. The number of ether oxygens (including phenoxy) is 1. The molecule has 1 heterocycles. The van der Waals surface area contributed by atoms with Crippen molar-refractivity contribution >= 4 is 29.0 Å². The molecule has 1 aliphatic rings. The van der Waals surface area contributed by atoms with Crippen molar-refractivity contribution in [2.75, 3.05) is 51.3 Å². The van der Waals surface area contributed by atoms with E-state index in [0.717, 1.165) is 37.0 Å². The number of hydrogen-bond donors (Lipinski definition) is 0. The average Bonchev–Trinajstić information content (AvgIpc) is 2.60. The van der Waals surface area contributed by atoms with Crippen LogP contribution in [0.5, 0.6) is 0 Å². The van der Waals surface area contributed by atoms with Gasteiger partial charge in [-0.15, -0.1) is 0 Å². The van der Waals surface area contributed by atoms with E-state index in [2.05, 4.69) is 66.8 Å². The SMILES string of the molecule is CCOC(=O)CC(C)(C)CN(C(=S)N1CCN(C)CC1)c1ccc(C)cc1. The monoisotopic (exact) mass is 391 g/mol. The Labute approximate surface area is 169 Å². The van der Waals surface area contributed by atoms with Crippen LogP contribution in [0.1, 0.15) is 32.8 Å². The third-order valence-electron chi connectivity index (χ3n) is 4.86. The Balaban J connectivity index is 2.20. The summed E-state index contributed by atoms with van der Waals surface area (Å²) in [6.07, 6.45) is 0.370. The number of aryl methyl sites for hydroxylation is 1. The highest BCUT2D eigenvalue weighted by Crippen LogP contribution is 2.27. The molecule has 1 saturated heterocycles. The second kappa shape index (κ2) is 9.51. The molecule has 27 heavy (non-hydrogen) atoms. The fourth-order valence-electron chi connectivity index (χ4n) is 3.25. The second-order valence-corrected chi connectivity index (χ2v) is 8.51. The zero-order valence-corrected chi connectivity index (χ0v) is 18.1. The van der Waals surface area contributed by atoms with Crippen LogP contribution in [0, 0.1) is 12.3 Å². The number of rotatable bonds is 6. The van der Waals surface area contributed by atoms with Crippen LogP contribution in [0.3, 0.4) is 0 Å². The molecule has 0 saturated carbocycles. The van der Waals surface area contributed by atoms with E-state index in [1.165, 1.54) is 5.56 Å². The fourth-order valence-corrected chi connectivity index (χ4v) is 3.60. The van der Waals surface area contributed by atoms with Crippen LogP contribution in [0.15, 0.2) is 24.3 Å².